The van der Waals surface area contributed by atoms with Crippen LogP contribution in [-0.4, -0.2) is 70.8 Å². The molecule has 0 aliphatic carbocycles. The molecule has 144 valence electrons. The third-order valence-corrected chi connectivity index (χ3v) is 5.62. The van der Waals surface area contributed by atoms with Crippen LogP contribution >= 0.6 is 0 Å². The molecule has 0 radical (unpaired) electrons. The molecule has 2 fully saturated rings. The monoisotopic (exact) mass is 371 g/mol. The number of carbonyl (C=O) groups is 1. The largest absolute Gasteiger partial charge is 0.337 e. The van der Waals surface area contributed by atoms with Crippen LogP contribution in [0, 0.1) is 5.82 Å². The molecule has 1 aromatic carbocycles. The van der Waals surface area contributed by atoms with E-state index in [2.05, 4.69) is 15.3 Å². The number of nitrogens with one attached hydrogen (secondary N) is 1. The maximum absolute atomic E-state index is 13.2. The molecule has 0 saturated carbocycles. The van der Waals surface area contributed by atoms with Gasteiger partial charge in [-0.3, -0.25) is 9.69 Å². The predicted molar refractivity (Wildman–Crippen MR) is 102 cm³/mol. The Morgan fingerprint density at radius 1 is 1.22 bits per heavy atom. The van der Waals surface area contributed by atoms with Crippen molar-refractivity contribution in [3.63, 3.8) is 0 Å². The Hall–Kier alpha value is -2.25. The quantitative estimate of drug-likeness (QED) is 0.889. The Labute approximate surface area is 158 Å². The highest BCUT2D eigenvalue weighted by molar-refractivity contribution is 5.95. The molecule has 0 bridgehead atoms. The average Bonchev–Trinajstić information content (AvgIpc) is 3.36. The maximum atomic E-state index is 13.2. The standard InChI is InChI=1S/C20H26FN5O/c1-2-19-18(13-23-26(19)16-5-3-15(21)4-6-16)20(27)25-10-7-17(14-25)24-11-8-22-9-12-24/h3-6,13,17,22H,2,7-12,14H2,1H3. The van der Waals surface area contributed by atoms with Gasteiger partial charge < -0.3 is 10.2 Å². The molecule has 1 amide bonds. The van der Waals surface area contributed by atoms with E-state index in [1.165, 1.54) is 12.1 Å². The van der Waals surface area contributed by atoms with Gasteiger partial charge in [0.25, 0.3) is 5.91 Å². The number of carbonyl (C=O) groups excluding carboxylic acids is 1. The number of rotatable bonds is 4. The highest BCUT2D eigenvalue weighted by Crippen LogP contribution is 2.22. The van der Waals surface area contributed by atoms with Crippen molar-refractivity contribution in [2.75, 3.05) is 39.3 Å². The minimum Gasteiger partial charge on any atom is -0.337 e. The zero-order chi connectivity index (χ0) is 18.8. The lowest BCUT2D eigenvalue weighted by Gasteiger charge is -2.32. The second kappa shape index (κ2) is 7.78. The Kier molecular flexibility index (Phi) is 5.22. The minimum absolute atomic E-state index is 0.0536. The van der Waals surface area contributed by atoms with Crippen molar-refractivity contribution >= 4 is 5.91 Å². The molecule has 0 spiro atoms. The summed E-state index contributed by atoms with van der Waals surface area (Å²) in [5.41, 5.74) is 2.30. The molecule has 2 aliphatic rings. The van der Waals surface area contributed by atoms with E-state index < -0.39 is 0 Å². The number of hydrogen-bond donors (Lipinski definition) is 1. The third-order valence-electron chi connectivity index (χ3n) is 5.62. The number of piperazine rings is 1. The lowest BCUT2D eigenvalue weighted by Crippen LogP contribution is -2.49. The Morgan fingerprint density at radius 3 is 2.67 bits per heavy atom. The smallest absolute Gasteiger partial charge is 0.257 e. The molecule has 2 aliphatic heterocycles. The Bertz CT molecular complexity index is 797. The fourth-order valence-electron chi connectivity index (χ4n) is 4.14. The number of nitrogens with zero attached hydrogens (tertiary/aromatic N) is 4. The number of hydrogen-bond acceptors (Lipinski definition) is 4. The summed E-state index contributed by atoms with van der Waals surface area (Å²) in [4.78, 5) is 17.6. The van der Waals surface area contributed by atoms with Gasteiger partial charge in [-0.05, 0) is 37.1 Å². The fourth-order valence-corrected chi connectivity index (χ4v) is 4.14. The van der Waals surface area contributed by atoms with E-state index in [-0.39, 0.29) is 11.7 Å². The van der Waals surface area contributed by atoms with Crippen LogP contribution in [0.15, 0.2) is 30.5 Å². The van der Waals surface area contributed by atoms with Crippen LogP contribution in [-0.2, 0) is 6.42 Å². The van der Waals surface area contributed by atoms with E-state index in [1.807, 2.05) is 11.8 Å². The van der Waals surface area contributed by atoms with E-state index >= 15 is 0 Å². The molecule has 1 unspecified atom stereocenters. The third kappa shape index (κ3) is 3.61. The fraction of sp³-hybridized carbons (Fsp3) is 0.500. The van der Waals surface area contributed by atoms with Crippen molar-refractivity contribution in [1.29, 1.82) is 0 Å². The molecular weight excluding hydrogens is 345 g/mol. The van der Waals surface area contributed by atoms with E-state index in [4.69, 9.17) is 0 Å². The molecule has 27 heavy (non-hydrogen) atoms. The van der Waals surface area contributed by atoms with Crippen molar-refractivity contribution in [3.8, 4) is 5.69 Å². The van der Waals surface area contributed by atoms with Gasteiger partial charge in [-0.25, -0.2) is 9.07 Å². The van der Waals surface area contributed by atoms with Crippen LogP contribution in [0.2, 0.25) is 0 Å². The first-order valence-electron chi connectivity index (χ1n) is 9.74. The van der Waals surface area contributed by atoms with Crippen molar-refractivity contribution in [2.45, 2.75) is 25.8 Å². The summed E-state index contributed by atoms with van der Waals surface area (Å²) in [6.45, 7) is 7.73. The van der Waals surface area contributed by atoms with E-state index in [9.17, 15) is 9.18 Å². The summed E-state index contributed by atoms with van der Waals surface area (Å²) in [5, 5.41) is 7.79. The first kappa shape index (κ1) is 18.1. The first-order chi connectivity index (χ1) is 13.2. The first-order valence-corrected chi connectivity index (χ1v) is 9.74. The molecular formula is C20H26FN5O. The molecule has 2 aromatic rings. The van der Waals surface area contributed by atoms with Crippen LogP contribution in [0.25, 0.3) is 5.69 Å². The average molecular weight is 371 g/mol. The molecule has 6 nitrogen and oxygen atoms in total. The van der Waals surface area contributed by atoms with Crippen LogP contribution in [0.1, 0.15) is 29.4 Å². The molecule has 2 saturated heterocycles. The van der Waals surface area contributed by atoms with Crippen LogP contribution in [0.5, 0.6) is 0 Å². The lowest BCUT2D eigenvalue weighted by atomic mass is 10.1. The van der Waals surface area contributed by atoms with Gasteiger partial charge in [-0.1, -0.05) is 6.92 Å². The van der Waals surface area contributed by atoms with Crippen molar-refractivity contribution < 1.29 is 9.18 Å². The van der Waals surface area contributed by atoms with Crippen molar-refractivity contribution in [3.05, 3.63) is 47.5 Å². The van der Waals surface area contributed by atoms with Gasteiger partial charge in [0.2, 0.25) is 0 Å². The van der Waals surface area contributed by atoms with Crippen molar-refractivity contribution in [2.24, 2.45) is 0 Å². The number of halogens is 1. The molecule has 1 aromatic heterocycles. The summed E-state index contributed by atoms with van der Waals surface area (Å²) in [7, 11) is 0. The van der Waals surface area contributed by atoms with Gasteiger partial charge in [0.05, 0.1) is 23.1 Å². The SMILES string of the molecule is CCc1c(C(=O)N2CCC(N3CCNCC3)C2)cnn1-c1ccc(F)cc1. The molecule has 1 N–H and O–H groups in total. The summed E-state index contributed by atoms with van der Waals surface area (Å²) < 4.78 is 15.0. The van der Waals surface area contributed by atoms with Gasteiger partial charge >= 0.3 is 0 Å². The second-order valence-corrected chi connectivity index (χ2v) is 7.23. The Morgan fingerprint density at radius 2 is 1.96 bits per heavy atom. The second-order valence-electron chi connectivity index (χ2n) is 7.23. The summed E-state index contributed by atoms with van der Waals surface area (Å²) in [6.07, 6.45) is 3.37. The van der Waals surface area contributed by atoms with E-state index in [0.717, 1.165) is 57.1 Å². The number of amides is 1. The number of likely N-dealkylation sites (tertiary alicyclic amines) is 1. The van der Waals surface area contributed by atoms with Crippen LogP contribution in [0.3, 0.4) is 0 Å². The van der Waals surface area contributed by atoms with Crippen LogP contribution < -0.4 is 5.32 Å². The van der Waals surface area contributed by atoms with Gasteiger partial charge in [0.15, 0.2) is 0 Å². The molecule has 4 rings (SSSR count). The highest BCUT2D eigenvalue weighted by atomic mass is 19.1. The normalized spacial score (nSPS) is 21.0. The van der Waals surface area contributed by atoms with Gasteiger partial charge in [0, 0.05) is 45.3 Å². The molecule has 1 atom stereocenters. The zero-order valence-corrected chi connectivity index (χ0v) is 15.7. The predicted octanol–water partition coefficient (Wildman–Crippen LogP) is 1.69. The van der Waals surface area contributed by atoms with E-state index in [1.54, 1.807) is 23.0 Å². The van der Waals surface area contributed by atoms with E-state index in [0.29, 0.717) is 18.0 Å². The summed E-state index contributed by atoms with van der Waals surface area (Å²) in [5.74, 6) is -0.228. The lowest BCUT2D eigenvalue weighted by molar-refractivity contribution is 0.0772. The minimum atomic E-state index is -0.281. The summed E-state index contributed by atoms with van der Waals surface area (Å²) >= 11 is 0. The van der Waals surface area contributed by atoms with Crippen LogP contribution in [0.4, 0.5) is 4.39 Å². The van der Waals surface area contributed by atoms with Gasteiger partial charge in [-0.15, -0.1) is 0 Å². The maximum Gasteiger partial charge on any atom is 0.257 e. The Balaban J connectivity index is 1.51. The number of benzene rings is 1. The van der Waals surface area contributed by atoms with Crippen molar-refractivity contribution in [1.82, 2.24) is 24.9 Å². The topological polar surface area (TPSA) is 53.4 Å². The molecule has 7 heteroatoms. The van der Waals surface area contributed by atoms with Gasteiger partial charge in [0.1, 0.15) is 5.82 Å². The highest BCUT2D eigenvalue weighted by Gasteiger charge is 2.32. The summed E-state index contributed by atoms with van der Waals surface area (Å²) in [6, 6.07) is 6.65. The number of aromatic nitrogens is 2. The zero-order valence-electron chi connectivity index (χ0n) is 15.7. The molecule has 3 heterocycles. The van der Waals surface area contributed by atoms with Gasteiger partial charge in [-0.2, -0.15) is 5.10 Å².